The van der Waals surface area contributed by atoms with Crippen molar-refractivity contribution < 1.29 is 0 Å². The van der Waals surface area contributed by atoms with Crippen LogP contribution in [0.1, 0.15) is 13.3 Å². The Labute approximate surface area is 62.1 Å². The standard InChI is InChI=1S/C7H15N3/c1-3-10(2)7-8-5-4-6-9-7/h3-6H2,1-2H3,(H,8,9). The van der Waals surface area contributed by atoms with Gasteiger partial charge in [0.2, 0.25) is 0 Å². The van der Waals surface area contributed by atoms with E-state index in [9.17, 15) is 0 Å². The average molecular weight is 141 g/mol. The molecular formula is C7H15N3. The second-order valence-electron chi connectivity index (χ2n) is 2.50. The maximum absolute atomic E-state index is 4.33. The summed E-state index contributed by atoms with van der Waals surface area (Å²) in [4.78, 5) is 6.46. The summed E-state index contributed by atoms with van der Waals surface area (Å²) in [5.74, 6) is 1.05. The molecule has 0 saturated heterocycles. The summed E-state index contributed by atoms with van der Waals surface area (Å²) in [6.07, 6.45) is 1.17. The lowest BCUT2D eigenvalue weighted by Crippen LogP contribution is -2.41. The van der Waals surface area contributed by atoms with Crippen molar-refractivity contribution in [1.82, 2.24) is 10.2 Å². The predicted molar refractivity (Wildman–Crippen MR) is 43.2 cm³/mol. The van der Waals surface area contributed by atoms with E-state index < -0.39 is 0 Å². The summed E-state index contributed by atoms with van der Waals surface area (Å²) >= 11 is 0. The fourth-order valence-electron chi connectivity index (χ4n) is 0.926. The summed E-state index contributed by atoms with van der Waals surface area (Å²) in [7, 11) is 2.05. The molecule has 0 amide bonds. The highest BCUT2D eigenvalue weighted by molar-refractivity contribution is 5.80. The monoisotopic (exact) mass is 141 g/mol. The Balaban J connectivity index is 2.44. The Bertz CT molecular complexity index is 131. The molecule has 1 heterocycles. The SMILES string of the molecule is CCN(C)C1=NCCCN1. The van der Waals surface area contributed by atoms with Gasteiger partial charge in [0.15, 0.2) is 5.96 Å². The van der Waals surface area contributed by atoms with E-state index in [2.05, 4.69) is 29.2 Å². The summed E-state index contributed by atoms with van der Waals surface area (Å²) < 4.78 is 0. The maximum Gasteiger partial charge on any atom is 0.193 e. The number of rotatable bonds is 1. The largest absolute Gasteiger partial charge is 0.356 e. The van der Waals surface area contributed by atoms with E-state index in [1.54, 1.807) is 0 Å². The number of guanidine groups is 1. The quantitative estimate of drug-likeness (QED) is 0.568. The Morgan fingerprint density at radius 1 is 1.70 bits per heavy atom. The van der Waals surface area contributed by atoms with E-state index in [0.29, 0.717) is 0 Å². The maximum atomic E-state index is 4.33. The number of aliphatic imine (C=N–C) groups is 1. The molecule has 0 aromatic heterocycles. The first-order valence-corrected chi connectivity index (χ1v) is 3.84. The van der Waals surface area contributed by atoms with Crippen LogP contribution in [0.25, 0.3) is 0 Å². The van der Waals surface area contributed by atoms with Gasteiger partial charge in [0.25, 0.3) is 0 Å². The Morgan fingerprint density at radius 3 is 3.00 bits per heavy atom. The Morgan fingerprint density at radius 2 is 2.50 bits per heavy atom. The number of hydrogen-bond acceptors (Lipinski definition) is 3. The van der Waals surface area contributed by atoms with E-state index in [1.807, 2.05) is 0 Å². The zero-order valence-corrected chi connectivity index (χ0v) is 6.72. The second kappa shape index (κ2) is 3.44. The fraction of sp³-hybridized carbons (Fsp3) is 0.857. The normalized spacial score (nSPS) is 17.6. The predicted octanol–water partition coefficient (Wildman–Crippen LogP) is 0.287. The summed E-state index contributed by atoms with van der Waals surface area (Å²) in [5, 5.41) is 3.25. The Kier molecular flexibility index (Phi) is 2.54. The van der Waals surface area contributed by atoms with E-state index in [-0.39, 0.29) is 0 Å². The number of hydrogen-bond donors (Lipinski definition) is 1. The van der Waals surface area contributed by atoms with Crippen LogP contribution in [0.5, 0.6) is 0 Å². The van der Waals surface area contributed by atoms with Crippen molar-refractivity contribution >= 4 is 5.96 Å². The molecule has 0 radical (unpaired) electrons. The van der Waals surface area contributed by atoms with Crippen molar-refractivity contribution in [3.8, 4) is 0 Å². The summed E-state index contributed by atoms with van der Waals surface area (Å²) in [5.41, 5.74) is 0. The minimum atomic E-state index is 0.979. The van der Waals surface area contributed by atoms with Gasteiger partial charge in [0.1, 0.15) is 0 Å². The molecule has 3 heteroatoms. The van der Waals surface area contributed by atoms with Crippen LogP contribution in [-0.4, -0.2) is 37.5 Å². The molecule has 1 aliphatic rings. The van der Waals surface area contributed by atoms with Gasteiger partial charge in [0.05, 0.1) is 0 Å². The van der Waals surface area contributed by atoms with Gasteiger partial charge in [-0.3, -0.25) is 4.99 Å². The van der Waals surface area contributed by atoms with Crippen molar-refractivity contribution in [1.29, 1.82) is 0 Å². The van der Waals surface area contributed by atoms with Crippen LogP contribution in [0, 0.1) is 0 Å². The molecule has 58 valence electrons. The lowest BCUT2D eigenvalue weighted by atomic mass is 10.4. The molecule has 0 aliphatic carbocycles. The van der Waals surface area contributed by atoms with Gasteiger partial charge in [-0.2, -0.15) is 0 Å². The fourth-order valence-corrected chi connectivity index (χ4v) is 0.926. The van der Waals surface area contributed by atoms with Crippen molar-refractivity contribution in [2.24, 2.45) is 4.99 Å². The molecule has 0 saturated carbocycles. The van der Waals surface area contributed by atoms with Crippen molar-refractivity contribution in [2.75, 3.05) is 26.7 Å². The zero-order chi connectivity index (χ0) is 7.40. The first kappa shape index (κ1) is 7.38. The molecule has 0 atom stereocenters. The minimum absolute atomic E-state index is 0.979. The molecule has 0 fully saturated rings. The summed E-state index contributed by atoms with van der Waals surface area (Å²) in [6, 6.07) is 0. The third-order valence-corrected chi connectivity index (χ3v) is 1.72. The molecule has 1 rings (SSSR count). The van der Waals surface area contributed by atoms with Crippen LogP contribution in [-0.2, 0) is 0 Å². The first-order chi connectivity index (χ1) is 4.84. The molecular weight excluding hydrogens is 126 g/mol. The third-order valence-electron chi connectivity index (χ3n) is 1.72. The van der Waals surface area contributed by atoms with Gasteiger partial charge in [-0.25, -0.2) is 0 Å². The lowest BCUT2D eigenvalue weighted by molar-refractivity contribution is 0.495. The van der Waals surface area contributed by atoms with Crippen LogP contribution in [0.3, 0.4) is 0 Å². The van der Waals surface area contributed by atoms with Gasteiger partial charge < -0.3 is 10.2 Å². The van der Waals surface area contributed by atoms with E-state index >= 15 is 0 Å². The minimum Gasteiger partial charge on any atom is -0.356 e. The average Bonchev–Trinajstić information content (AvgIpc) is 2.05. The molecule has 10 heavy (non-hydrogen) atoms. The molecule has 0 unspecified atom stereocenters. The van der Waals surface area contributed by atoms with Gasteiger partial charge in [-0.1, -0.05) is 0 Å². The van der Waals surface area contributed by atoms with Crippen molar-refractivity contribution in [3.63, 3.8) is 0 Å². The van der Waals surface area contributed by atoms with Gasteiger partial charge in [-0.05, 0) is 13.3 Å². The zero-order valence-electron chi connectivity index (χ0n) is 6.72. The topological polar surface area (TPSA) is 27.6 Å². The van der Waals surface area contributed by atoms with Gasteiger partial charge >= 0.3 is 0 Å². The number of nitrogens with one attached hydrogen (secondary N) is 1. The van der Waals surface area contributed by atoms with Crippen molar-refractivity contribution in [2.45, 2.75) is 13.3 Å². The highest BCUT2D eigenvalue weighted by atomic mass is 15.3. The molecule has 1 N–H and O–H groups in total. The number of nitrogens with zero attached hydrogens (tertiary/aromatic N) is 2. The smallest absolute Gasteiger partial charge is 0.193 e. The molecule has 0 aromatic rings. The van der Waals surface area contributed by atoms with Crippen LogP contribution >= 0.6 is 0 Å². The molecule has 0 bridgehead atoms. The second-order valence-corrected chi connectivity index (χ2v) is 2.50. The first-order valence-electron chi connectivity index (χ1n) is 3.84. The van der Waals surface area contributed by atoms with E-state index in [1.165, 1.54) is 6.42 Å². The van der Waals surface area contributed by atoms with E-state index in [0.717, 1.165) is 25.6 Å². The molecule has 1 aliphatic heterocycles. The molecule has 3 nitrogen and oxygen atoms in total. The van der Waals surface area contributed by atoms with Gasteiger partial charge in [0, 0.05) is 26.7 Å². The highest BCUT2D eigenvalue weighted by Crippen LogP contribution is 1.92. The molecule has 0 aromatic carbocycles. The lowest BCUT2D eigenvalue weighted by Gasteiger charge is -2.23. The van der Waals surface area contributed by atoms with Crippen LogP contribution in [0.4, 0.5) is 0 Å². The van der Waals surface area contributed by atoms with E-state index in [4.69, 9.17) is 0 Å². The van der Waals surface area contributed by atoms with Crippen molar-refractivity contribution in [3.05, 3.63) is 0 Å². The highest BCUT2D eigenvalue weighted by Gasteiger charge is 2.05. The summed E-state index contributed by atoms with van der Waals surface area (Å²) in [6.45, 7) is 5.19. The third kappa shape index (κ3) is 1.62. The van der Waals surface area contributed by atoms with Crippen LogP contribution in [0.15, 0.2) is 4.99 Å². The van der Waals surface area contributed by atoms with Crippen LogP contribution < -0.4 is 5.32 Å². The molecule has 0 spiro atoms. The van der Waals surface area contributed by atoms with Gasteiger partial charge in [-0.15, -0.1) is 0 Å². The van der Waals surface area contributed by atoms with Crippen LogP contribution in [0.2, 0.25) is 0 Å². The Hall–Kier alpha value is -0.730.